The van der Waals surface area contributed by atoms with Gasteiger partial charge < -0.3 is 10.4 Å². The highest BCUT2D eigenvalue weighted by Gasteiger charge is 2.28. The molecule has 0 aliphatic heterocycles. The molecular weight excluding hydrogens is 303 g/mol. The predicted octanol–water partition coefficient (Wildman–Crippen LogP) is 3.44. The number of rotatable bonds is 4. The highest BCUT2D eigenvalue weighted by molar-refractivity contribution is 6.31. The summed E-state index contributed by atoms with van der Waals surface area (Å²) in [7, 11) is 0. The minimum absolute atomic E-state index is 0.113. The van der Waals surface area contributed by atoms with E-state index in [9.17, 15) is 19.3 Å². The largest absolute Gasteiger partial charge is 0.481 e. The van der Waals surface area contributed by atoms with Crippen molar-refractivity contribution in [3.8, 4) is 0 Å². The van der Waals surface area contributed by atoms with Crippen LogP contribution >= 0.6 is 11.6 Å². The van der Waals surface area contributed by atoms with Crippen molar-refractivity contribution in [2.24, 2.45) is 5.92 Å². The molecule has 1 aliphatic carbocycles. The molecule has 0 aromatic heterocycles. The van der Waals surface area contributed by atoms with E-state index >= 15 is 0 Å². The Labute approximate surface area is 125 Å². The van der Waals surface area contributed by atoms with Crippen LogP contribution in [0, 0.1) is 21.8 Å². The lowest BCUT2D eigenvalue weighted by atomic mass is 9.85. The summed E-state index contributed by atoms with van der Waals surface area (Å²) in [6, 6.07) is 1.72. The second-order valence-electron chi connectivity index (χ2n) is 5.08. The van der Waals surface area contributed by atoms with E-state index in [2.05, 4.69) is 5.32 Å². The maximum absolute atomic E-state index is 13.3. The molecule has 0 spiro atoms. The van der Waals surface area contributed by atoms with Crippen molar-refractivity contribution in [2.75, 3.05) is 5.32 Å². The van der Waals surface area contributed by atoms with Crippen molar-refractivity contribution in [1.82, 2.24) is 0 Å². The first kappa shape index (κ1) is 15.5. The van der Waals surface area contributed by atoms with Crippen LogP contribution in [0.15, 0.2) is 12.1 Å². The van der Waals surface area contributed by atoms with E-state index in [1.807, 2.05) is 0 Å². The number of nitrogens with zero attached hydrogens (tertiary/aromatic N) is 1. The molecule has 2 atom stereocenters. The zero-order valence-electron chi connectivity index (χ0n) is 11.0. The topological polar surface area (TPSA) is 92.5 Å². The second-order valence-corrected chi connectivity index (χ2v) is 5.49. The van der Waals surface area contributed by atoms with Gasteiger partial charge >= 0.3 is 5.97 Å². The van der Waals surface area contributed by atoms with E-state index in [0.717, 1.165) is 12.5 Å². The minimum Gasteiger partial charge on any atom is -0.481 e. The number of aliphatic carboxylic acids is 1. The number of carbonyl (C=O) groups is 1. The molecule has 2 unspecified atom stereocenters. The van der Waals surface area contributed by atoms with E-state index in [4.69, 9.17) is 16.7 Å². The lowest BCUT2D eigenvalue weighted by molar-refractivity contribution is -0.384. The van der Waals surface area contributed by atoms with Gasteiger partial charge in [-0.15, -0.1) is 0 Å². The third kappa shape index (κ3) is 3.60. The summed E-state index contributed by atoms with van der Waals surface area (Å²) >= 11 is 5.66. The van der Waals surface area contributed by atoms with Gasteiger partial charge in [0.25, 0.3) is 5.69 Å². The molecule has 0 bridgehead atoms. The second kappa shape index (κ2) is 6.26. The fraction of sp³-hybridized carbons (Fsp3) is 0.462. The SMILES string of the molecule is O=C(O)C1CCCC(Nc2cc(Cl)c(F)cc2[N+](=O)[O-])C1. The number of nitro benzene ring substituents is 1. The Balaban J connectivity index is 2.20. The lowest BCUT2D eigenvalue weighted by Crippen LogP contribution is -2.31. The standard InChI is InChI=1S/C13H14ClFN2O4/c14-9-5-11(12(17(20)21)6-10(9)15)16-8-3-1-2-7(4-8)13(18)19/h5-8,16H,1-4H2,(H,18,19). The van der Waals surface area contributed by atoms with Crippen LogP contribution in [0.4, 0.5) is 15.8 Å². The number of halogens is 2. The van der Waals surface area contributed by atoms with Crippen LogP contribution in [0.25, 0.3) is 0 Å². The van der Waals surface area contributed by atoms with Crippen LogP contribution in [0.2, 0.25) is 5.02 Å². The van der Waals surface area contributed by atoms with Crippen LogP contribution in [-0.2, 0) is 4.79 Å². The molecular formula is C13H14ClFN2O4. The van der Waals surface area contributed by atoms with Gasteiger partial charge in [0, 0.05) is 6.04 Å². The normalized spacial score (nSPS) is 21.8. The van der Waals surface area contributed by atoms with Crippen LogP contribution in [0.1, 0.15) is 25.7 Å². The summed E-state index contributed by atoms with van der Waals surface area (Å²) in [5, 5.41) is 22.7. The summed E-state index contributed by atoms with van der Waals surface area (Å²) in [5.41, 5.74) is -0.295. The van der Waals surface area contributed by atoms with Gasteiger partial charge in [0.15, 0.2) is 0 Å². The predicted molar refractivity (Wildman–Crippen MR) is 75.1 cm³/mol. The van der Waals surface area contributed by atoms with Crippen LogP contribution in [-0.4, -0.2) is 22.0 Å². The minimum atomic E-state index is -0.867. The first-order chi connectivity index (χ1) is 9.88. The Morgan fingerprint density at radius 2 is 2.19 bits per heavy atom. The molecule has 21 heavy (non-hydrogen) atoms. The Kier molecular flexibility index (Phi) is 4.62. The number of hydrogen-bond donors (Lipinski definition) is 2. The molecule has 1 aromatic carbocycles. The van der Waals surface area contributed by atoms with Gasteiger partial charge in [0.2, 0.25) is 0 Å². The number of hydrogen-bond acceptors (Lipinski definition) is 4. The van der Waals surface area contributed by atoms with Crippen LogP contribution in [0.3, 0.4) is 0 Å². The Morgan fingerprint density at radius 3 is 2.81 bits per heavy atom. The average Bonchev–Trinajstić information content (AvgIpc) is 2.42. The zero-order valence-corrected chi connectivity index (χ0v) is 11.8. The van der Waals surface area contributed by atoms with Gasteiger partial charge in [-0.1, -0.05) is 18.0 Å². The third-order valence-corrected chi connectivity index (χ3v) is 3.91. The molecule has 1 saturated carbocycles. The third-order valence-electron chi connectivity index (χ3n) is 3.62. The summed E-state index contributed by atoms with van der Waals surface area (Å²) < 4.78 is 13.3. The average molecular weight is 317 g/mol. The van der Waals surface area contributed by atoms with E-state index < -0.39 is 28.3 Å². The van der Waals surface area contributed by atoms with Gasteiger partial charge in [0.1, 0.15) is 11.5 Å². The lowest BCUT2D eigenvalue weighted by Gasteiger charge is -2.28. The molecule has 1 aliphatic rings. The number of carboxylic acid groups (broad SMARTS) is 1. The Hall–Kier alpha value is -1.89. The van der Waals surface area contributed by atoms with Crippen molar-refractivity contribution < 1.29 is 19.2 Å². The Bertz CT molecular complexity index is 582. The van der Waals surface area contributed by atoms with Gasteiger partial charge in [-0.2, -0.15) is 0 Å². The van der Waals surface area contributed by atoms with Crippen molar-refractivity contribution in [2.45, 2.75) is 31.7 Å². The monoisotopic (exact) mass is 316 g/mol. The maximum Gasteiger partial charge on any atom is 0.306 e. The molecule has 0 radical (unpaired) electrons. The molecule has 6 nitrogen and oxygen atoms in total. The number of nitrogens with one attached hydrogen (secondary N) is 1. The van der Waals surface area contributed by atoms with E-state index in [-0.39, 0.29) is 16.8 Å². The van der Waals surface area contributed by atoms with Gasteiger partial charge in [-0.3, -0.25) is 14.9 Å². The fourth-order valence-electron chi connectivity index (χ4n) is 2.57. The molecule has 2 N–H and O–H groups in total. The van der Waals surface area contributed by atoms with Gasteiger partial charge in [-0.05, 0) is 25.3 Å². The number of benzene rings is 1. The smallest absolute Gasteiger partial charge is 0.306 e. The molecule has 1 fully saturated rings. The number of anilines is 1. The number of nitro groups is 1. The molecule has 114 valence electrons. The maximum atomic E-state index is 13.3. The van der Waals surface area contributed by atoms with E-state index in [1.54, 1.807) is 0 Å². The van der Waals surface area contributed by atoms with Gasteiger partial charge in [0.05, 0.1) is 21.9 Å². The van der Waals surface area contributed by atoms with Crippen molar-refractivity contribution in [1.29, 1.82) is 0 Å². The van der Waals surface area contributed by atoms with E-state index in [0.29, 0.717) is 19.3 Å². The van der Waals surface area contributed by atoms with E-state index in [1.165, 1.54) is 6.07 Å². The molecule has 8 heteroatoms. The van der Waals surface area contributed by atoms with Crippen molar-refractivity contribution >= 4 is 28.9 Å². The molecule has 0 saturated heterocycles. The number of carboxylic acids is 1. The van der Waals surface area contributed by atoms with Crippen molar-refractivity contribution in [3.05, 3.63) is 33.1 Å². The van der Waals surface area contributed by atoms with Gasteiger partial charge in [-0.25, -0.2) is 4.39 Å². The molecule has 0 heterocycles. The molecule has 2 rings (SSSR count). The molecule has 0 amide bonds. The van der Waals surface area contributed by atoms with Crippen LogP contribution in [0.5, 0.6) is 0 Å². The summed E-state index contributed by atoms with van der Waals surface area (Å²) in [5.74, 6) is -2.19. The first-order valence-electron chi connectivity index (χ1n) is 6.51. The van der Waals surface area contributed by atoms with Crippen molar-refractivity contribution in [3.63, 3.8) is 0 Å². The zero-order chi connectivity index (χ0) is 15.6. The summed E-state index contributed by atoms with van der Waals surface area (Å²) in [6.45, 7) is 0. The molecule has 1 aromatic rings. The first-order valence-corrected chi connectivity index (χ1v) is 6.89. The highest BCUT2D eigenvalue weighted by atomic mass is 35.5. The summed E-state index contributed by atoms with van der Waals surface area (Å²) in [6.07, 6.45) is 2.40. The quantitative estimate of drug-likeness (QED) is 0.655. The fourth-order valence-corrected chi connectivity index (χ4v) is 2.73. The Morgan fingerprint density at radius 1 is 1.48 bits per heavy atom. The van der Waals surface area contributed by atoms with Crippen LogP contribution < -0.4 is 5.32 Å². The summed E-state index contributed by atoms with van der Waals surface area (Å²) in [4.78, 5) is 21.3. The highest BCUT2D eigenvalue weighted by Crippen LogP contribution is 2.33.